The molecular weight excluding hydrogens is 236 g/mol. The first kappa shape index (κ1) is 15.9. The minimum Gasteiger partial charge on any atom is -0.355 e. The number of rotatable bonds is 10. The summed E-state index contributed by atoms with van der Waals surface area (Å²) in [5.41, 5.74) is 1.01. The molecule has 0 amide bonds. The summed E-state index contributed by atoms with van der Waals surface area (Å²) in [6.45, 7) is 10.5. The predicted octanol–water partition coefficient (Wildman–Crippen LogP) is 2.99. The first-order valence-electron chi connectivity index (χ1n) is 7.58. The topological polar surface area (TPSA) is 41.1 Å². The third-order valence-electron chi connectivity index (χ3n) is 3.13. The van der Waals surface area contributed by atoms with Crippen molar-refractivity contribution in [1.29, 1.82) is 0 Å². The third kappa shape index (κ3) is 6.01. The Balaban J connectivity index is 2.61. The lowest BCUT2D eigenvalue weighted by molar-refractivity contribution is 0.665. The molecule has 108 valence electrons. The van der Waals surface area contributed by atoms with Gasteiger partial charge in [-0.05, 0) is 19.4 Å². The van der Waals surface area contributed by atoms with Crippen molar-refractivity contribution in [1.82, 2.24) is 15.3 Å². The third-order valence-corrected chi connectivity index (χ3v) is 3.13. The Morgan fingerprint density at radius 3 is 2.16 bits per heavy atom. The number of aromatic nitrogens is 2. The van der Waals surface area contributed by atoms with Gasteiger partial charge in [0, 0.05) is 19.6 Å². The largest absolute Gasteiger partial charge is 0.355 e. The molecule has 0 spiro atoms. The van der Waals surface area contributed by atoms with Gasteiger partial charge in [-0.2, -0.15) is 0 Å². The fourth-order valence-electron chi connectivity index (χ4n) is 1.89. The standard InChI is InChI=1S/C15H28N4/c1-4-7-9-19(10-8-5-2)15-13-17-14(12-18-15)11-16-6-3/h12-13,16H,4-11H2,1-3H3. The lowest BCUT2D eigenvalue weighted by Crippen LogP contribution is -2.27. The minimum atomic E-state index is 0.799. The van der Waals surface area contributed by atoms with Crippen LogP contribution in [0.2, 0.25) is 0 Å². The first-order chi connectivity index (χ1) is 9.31. The van der Waals surface area contributed by atoms with Crippen LogP contribution in [0.25, 0.3) is 0 Å². The Hall–Kier alpha value is -1.16. The van der Waals surface area contributed by atoms with E-state index < -0.39 is 0 Å². The molecule has 0 fully saturated rings. The molecule has 0 atom stereocenters. The molecule has 0 aliphatic rings. The van der Waals surface area contributed by atoms with Crippen LogP contribution in [0.15, 0.2) is 12.4 Å². The van der Waals surface area contributed by atoms with E-state index in [4.69, 9.17) is 0 Å². The van der Waals surface area contributed by atoms with Gasteiger partial charge in [-0.15, -0.1) is 0 Å². The smallest absolute Gasteiger partial charge is 0.147 e. The van der Waals surface area contributed by atoms with Crippen molar-refractivity contribution in [3.63, 3.8) is 0 Å². The second-order valence-electron chi connectivity index (χ2n) is 4.84. The van der Waals surface area contributed by atoms with Gasteiger partial charge < -0.3 is 10.2 Å². The highest BCUT2D eigenvalue weighted by Crippen LogP contribution is 2.11. The van der Waals surface area contributed by atoms with E-state index in [9.17, 15) is 0 Å². The van der Waals surface area contributed by atoms with Crippen LogP contribution in [0.5, 0.6) is 0 Å². The van der Waals surface area contributed by atoms with Crippen LogP contribution in [0.1, 0.15) is 52.1 Å². The van der Waals surface area contributed by atoms with Crippen LogP contribution in [0, 0.1) is 0 Å². The summed E-state index contributed by atoms with van der Waals surface area (Å²) in [6.07, 6.45) is 8.67. The van der Waals surface area contributed by atoms with Gasteiger partial charge in [-0.1, -0.05) is 33.6 Å². The van der Waals surface area contributed by atoms with Crippen LogP contribution in [-0.4, -0.2) is 29.6 Å². The maximum atomic E-state index is 4.56. The summed E-state index contributed by atoms with van der Waals surface area (Å²) in [7, 11) is 0. The zero-order chi connectivity index (χ0) is 13.9. The molecule has 4 nitrogen and oxygen atoms in total. The van der Waals surface area contributed by atoms with E-state index in [1.54, 1.807) is 0 Å². The molecule has 4 heteroatoms. The van der Waals surface area contributed by atoms with Crippen LogP contribution in [0.4, 0.5) is 5.82 Å². The number of unbranched alkanes of at least 4 members (excludes halogenated alkanes) is 2. The second-order valence-corrected chi connectivity index (χ2v) is 4.84. The van der Waals surface area contributed by atoms with Gasteiger partial charge in [0.2, 0.25) is 0 Å². The van der Waals surface area contributed by atoms with E-state index >= 15 is 0 Å². The van der Waals surface area contributed by atoms with Gasteiger partial charge in [-0.3, -0.25) is 4.98 Å². The Bertz CT molecular complexity index is 315. The lowest BCUT2D eigenvalue weighted by Gasteiger charge is -2.23. The van der Waals surface area contributed by atoms with Crippen molar-refractivity contribution >= 4 is 5.82 Å². The zero-order valence-electron chi connectivity index (χ0n) is 12.7. The average molecular weight is 264 g/mol. The fraction of sp³-hybridized carbons (Fsp3) is 0.733. The normalized spacial score (nSPS) is 10.7. The molecule has 19 heavy (non-hydrogen) atoms. The molecule has 1 heterocycles. The summed E-state index contributed by atoms with van der Waals surface area (Å²) >= 11 is 0. The Labute approximate surface area is 117 Å². The zero-order valence-corrected chi connectivity index (χ0v) is 12.7. The van der Waals surface area contributed by atoms with Crippen LogP contribution >= 0.6 is 0 Å². The summed E-state index contributed by atoms with van der Waals surface area (Å²) < 4.78 is 0. The monoisotopic (exact) mass is 264 g/mol. The van der Waals surface area contributed by atoms with Gasteiger partial charge in [0.25, 0.3) is 0 Å². The average Bonchev–Trinajstić information content (AvgIpc) is 2.46. The van der Waals surface area contributed by atoms with Gasteiger partial charge >= 0.3 is 0 Å². The SMILES string of the molecule is CCCCN(CCCC)c1cnc(CNCC)cn1. The number of nitrogens with one attached hydrogen (secondary N) is 1. The Morgan fingerprint density at radius 1 is 1.00 bits per heavy atom. The Morgan fingerprint density at radius 2 is 1.68 bits per heavy atom. The quantitative estimate of drug-likeness (QED) is 0.705. The molecule has 0 unspecified atom stereocenters. The fourth-order valence-corrected chi connectivity index (χ4v) is 1.89. The molecule has 0 aliphatic carbocycles. The van der Waals surface area contributed by atoms with E-state index in [2.05, 4.69) is 41.0 Å². The van der Waals surface area contributed by atoms with Crippen molar-refractivity contribution in [3.8, 4) is 0 Å². The maximum absolute atomic E-state index is 4.56. The van der Waals surface area contributed by atoms with Crippen molar-refractivity contribution in [3.05, 3.63) is 18.1 Å². The highest BCUT2D eigenvalue weighted by molar-refractivity contribution is 5.35. The number of hydrogen-bond donors (Lipinski definition) is 1. The van der Waals surface area contributed by atoms with Crippen LogP contribution < -0.4 is 10.2 Å². The molecule has 0 aliphatic heterocycles. The summed E-state index contributed by atoms with van der Waals surface area (Å²) in [4.78, 5) is 11.4. The first-order valence-corrected chi connectivity index (χ1v) is 7.58. The minimum absolute atomic E-state index is 0.799. The van der Waals surface area contributed by atoms with E-state index in [1.165, 1.54) is 25.7 Å². The van der Waals surface area contributed by atoms with E-state index in [0.29, 0.717) is 0 Å². The van der Waals surface area contributed by atoms with Gasteiger partial charge in [-0.25, -0.2) is 4.98 Å². The van der Waals surface area contributed by atoms with E-state index in [-0.39, 0.29) is 0 Å². The number of nitrogens with zero attached hydrogens (tertiary/aromatic N) is 3. The summed E-state index contributed by atoms with van der Waals surface area (Å²) in [5, 5.41) is 3.27. The van der Waals surface area contributed by atoms with Crippen LogP contribution in [-0.2, 0) is 6.54 Å². The highest BCUT2D eigenvalue weighted by atomic mass is 15.2. The maximum Gasteiger partial charge on any atom is 0.147 e. The van der Waals surface area contributed by atoms with Gasteiger partial charge in [0.15, 0.2) is 0 Å². The van der Waals surface area contributed by atoms with Gasteiger partial charge in [0.1, 0.15) is 5.82 Å². The summed E-state index contributed by atoms with van der Waals surface area (Å²) in [6, 6.07) is 0. The number of anilines is 1. The molecule has 0 radical (unpaired) electrons. The molecule has 1 rings (SSSR count). The highest BCUT2D eigenvalue weighted by Gasteiger charge is 2.07. The molecule has 1 aromatic heterocycles. The lowest BCUT2D eigenvalue weighted by atomic mass is 10.2. The molecular formula is C15H28N4. The molecule has 0 aromatic carbocycles. The summed E-state index contributed by atoms with van der Waals surface area (Å²) in [5.74, 6) is 1.02. The van der Waals surface area contributed by atoms with E-state index in [1.807, 2.05) is 12.4 Å². The second kappa shape index (κ2) is 9.73. The van der Waals surface area contributed by atoms with Crippen molar-refractivity contribution in [2.45, 2.75) is 53.0 Å². The van der Waals surface area contributed by atoms with E-state index in [0.717, 1.165) is 37.7 Å². The molecule has 0 bridgehead atoms. The Kier molecular flexibility index (Phi) is 8.14. The van der Waals surface area contributed by atoms with Crippen LogP contribution in [0.3, 0.4) is 0 Å². The van der Waals surface area contributed by atoms with Crippen molar-refractivity contribution < 1.29 is 0 Å². The number of hydrogen-bond acceptors (Lipinski definition) is 4. The molecule has 1 N–H and O–H groups in total. The molecule has 1 aromatic rings. The van der Waals surface area contributed by atoms with Crippen molar-refractivity contribution in [2.24, 2.45) is 0 Å². The molecule has 0 saturated heterocycles. The van der Waals surface area contributed by atoms with Gasteiger partial charge in [0.05, 0.1) is 18.1 Å². The predicted molar refractivity (Wildman–Crippen MR) is 81.4 cm³/mol. The molecule has 0 saturated carbocycles. The van der Waals surface area contributed by atoms with Crippen molar-refractivity contribution in [2.75, 3.05) is 24.5 Å².